The Kier molecular flexibility index (Phi) is 5.92. The second kappa shape index (κ2) is 7.04. The number of hydrogen-bond donors (Lipinski definition) is 3. The van der Waals surface area contributed by atoms with E-state index in [4.69, 9.17) is 15.6 Å². The minimum atomic E-state index is -0.955. The van der Waals surface area contributed by atoms with Crippen LogP contribution in [0.3, 0.4) is 0 Å². The Bertz CT molecular complexity index is 435. The number of aliphatic carboxylic acids is 1. The van der Waals surface area contributed by atoms with Crippen LogP contribution in [0.25, 0.3) is 0 Å². The number of carbonyl (C=O) groups is 2. The molecule has 0 saturated carbocycles. The molecule has 0 bridgehead atoms. The first-order valence-electron chi connectivity index (χ1n) is 7.27. The molecule has 0 spiro atoms. The number of carboxylic acid groups (broad SMARTS) is 1. The molecule has 21 heavy (non-hydrogen) atoms. The SMILES string of the molecule is CCCC(C)(OC)C(NC(C)=O)C1C=C(C(=O)O)CC1N. The van der Waals surface area contributed by atoms with E-state index in [9.17, 15) is 9.59 Å². The zero-order valence-corrected chi connectivity index (χ0v) is 13.2. The van der Waals surface area contributed by atoms with Crippen molar-refractivity contribution in [1.29, 1.82) is 0 Å². The van der Waals surface area contributed by atoms with E-state index in [2.05, 4.69) is 5.32 Å². The van der Waals surface area contributed by atoms with Crippen LogP contribution in [0.15, 0.2) is 11.6 Å². The molecule has 4 unspecified atom stereocenters. The van der Waals surface area contributed by atoms with Crippen molar-refractivity contribution < 1.29 is 19.4 Å². The molecule has 1 aliphatic carbocycles. The third kappa shape index (κ3) is 4.04. The normalized spacial score (nSPS) is 25.9. The summed E-state index contributed by atoms with van der Waals surface area (Å²) in [5.74, 6) is -1.38. The van der Waals surface area contributed by atoms with E-state index in [0.717, 1.165) is 12.8 Å². The summed E-state index contributed by atoms with van der Waals surface area (Å²) >= 11 is 0. The fraction of sp³-hybridized carbons (Fsp3) is 0.733. The molecule has 4 atom stereocenters. The average Bonchev–Trinajstić information content (AvgIpc) is 2.78. The lowest BCUT2D eigenvalue weighted by atomic mass is 9.80. The fourth-order valence-corrected chi connectivity index (χ4v) is 3.07. The molecule has 0 aliphatic heterocycles. The topological polar surface area (TPSA) is 102 Å². The van der Waals surface area contributed by atoms with Crippen LogP contribution in [0.4, 0.5) is 0 Å². The zero-order chi connectivity index (χ0) is 16.2. The number of amides is 1. The molecule has 0 radical (unpaired) electrons. The summed E-state index contributed by atoms with van der Waals surface area (Å²) in [6.07, 6.45) is 3.61. The van der Waals surface area contributed by atoms with Gasteiger partial charge in [0.1, 0.15) is 0 Å². The van der Waals surface area contributed by atoms with Crippen LogP contribution in [-0.4, -0.2) is 41.8 Å². The van der Waals surface area contributed by atoms with Crippen molar-refractivity contribution in [2.75, 3.05) is 7.11 Å². The predicted octanol–water partition coefficient (Wildman–Crippen LogP) is 1.05. The summed E-state index contributed by atoms with van der Waals surface area (Å²) in [5.41, 5.74) is 5.82. The van der Waals surface area contributed by atoms with Crippen molar-refractivity contribution in [2.45, 2.75) is 57.7 Å². The Morgan fingerprint density at radius 3 is 2.62 bits per heavy atom. The van der Waals surface area contributed by atoms with Crippen LogP contribution in [0.2, 0.25) is 0 Å². The van der Waals surface area contributed by atoms with Crippen molar-refractivity contribution in [2.24, 2.45) is 11.7 Å². The number of rotatable bonds is 7. The monoisotopic (exact) mass is 298 g/mol. The van der Waals surface area contributed by atoms with Gasteiger partial charge < -0.3 is 20.9 Å². The van der Waals surface area contributed by atoms with Crippen LogP contribution < -0.4 is 11.1 Å². The molecule has 0 aromatic carbocycles. The van der Waals surface area contributed by atoms with Crippen LogP contribution in [0.5, 0.6) is 0 Å². The van der Waals surface area contributed by atoms with E-state index in [1.807, 2.05) is 13.8 Å². The van der Waals surface area contributed by atoms with Crippen molar-refractivity contribution in [3.05, 3.63) is 11.6 Å². The van der Waals surface area contributed by atoms with E-state index in [1.54, 1.807) is 13.2 Å². The molecule has 6 heteroatoms. The number of methoxy groups -OCH3 is 1. The Balaban J connectivity index is 3.13. The second-order valence-electron chi connectivity index (χ2n) is 5.89. The van der Waals surface area contributed by atoms with Gasteiger partial charge in [-0.3, -0.25) is 4.79 Å². The van der Waals surface area contributed by atoms with Crippen molar-refractivity contribution in [1.82, 2.24) is 5.32 Å². The molecule has 0 fully saturated rings. The molecule has 0 aromatic rings. The van der Waals surface area contributed by atoms with E-state index < -0.39 is 11.6 Å². The lowest BCUT2D eigenvalue weighted by molar-refractivity contribution is -0.132. The summed E-state index contributed by atoms with van der Waals surface area (Å²) in [7, 11) is 1.60. The van der Waals surface area contributed by atoms with Gasteiger partial charge in [-0.25, -0.2) is 4.79 Å². The van der Waals surface area contributed by atoms with Crippen molar-refractivity contribution in [3.8, 4) is 0 Å². The molecule has 1 rings (SSSR count). The predicted molar refractivity (Wildman–Crippen MR) is 79.7 cm³/mol. The maximum Gasteiger partial charge on any atom is 0.331 e. The van der Waals surface area contributed by atoms with Crippen molar-refractivity contribution >= 4 is 11.9 Å². The molecule has 1 aliphatic rings. The minimum absolute atomic E-state index is 0.177. The molecule has 4 N–H and O–H groups in total. The van der Waals surface area contributed by atoms with Gasteiger partial charge in [0.05, 0.1) is 11.6 Å². The Hall–Kier alpha value is -1.40. The van der Waals surface area contributed by atoms with Crippen LogP contribution in [0.1, 0.15) is 40.0 Å². The number of ether oxygens (including phenoxy) is 1. The van der Waals surface area contributed by atoms with E-state index in [-0.39, 0.29) is 23.9 Å². The number of carboxylic acids is 1. The highest BCUT2D eigenvalue weighted by Crippen LogP contribution is 2.34. The lowest BCUT2D eigenvalue weighted by Crippen LogP contribution is -2.58. The molecular weight excluding hydrogens is 272 g/mol. The first-order chi connectivity index (χ1) is 9.75. The fourth-order valence-electron chi connectivity index (χ4n) is 3.07. The van der Waals surface area contributed by atoms with Gasteiger partial charge >= 0.3 is 5.97 Å². The first kappa shape index (κ1) is 17.7. The van der Waals surface area contributed by atoms with Gasteiger partial charge in [0.25, 0.3) is 0 Å². The van der Waals surface area contributed by atoms with Gasteiger partial charge in [-0.05, 0) is 19.8 Å². The van der Waals surface area contributed by atoms with E-state index in [0.29, 0.717) is 12.0 Å². The minimum Gasteiger partial charge on any atom is -0.478 e. The van der Waals surface area contributed by atoms with Gasteiger partial charge in [0, 0.05) is 31.6 Å². The lowest BCUT2D eigenvalue weighted by Gasteiger charge is -2.41. The standard InChI is InChI=1S/C15H26N2O4/c1-5-6-15(3,21-4)13(17-9(2)18)11-7-10(14(19)20)8-12(11)16/h7,11-13H,5-6,8,16H2,1-4H3,(H,17,18)(H,19,20). The third-order valence-corrected chi connectivity index (χ3v) is 4.23. The Morgan fingerprint density at radius 1 is 1.62 bits per heavy atom. The smallest absolute Gasteiger partial charge is 0.331 e. The quantitative estimate of drug-likeness (QED) is 0.652. The summed E-state index contributed by atoms with van der Waals surface area (Å²) in [6.45, 7) is 5.41. The van der Waals surface area contributed by atoms with Crippen LogP contribution in [0, 0.1) is 5.92 Å². The molecule has 1 amide bonds. The van der Waals surface area contributed by atoms with Gasteiger partial charge in [0.2, 0.25) is 5.91 Å². The molecule has 0 saturated heterocycles. The Morgan fingerprint density at radius 2 is 2.24 bits per heavy atom. The van der Waals surface area contributed by atoms with Crippen LogP contribution in [-0.2, 0) is 14.3 Å². The molecule has 120 valence electrons. The average molecular weight is 298 g/mol. The van der Waals surface area contributed by atoms with Crippen LogP contribution >= 0.6 is 0 Å². The maximum absolute atomic E-state index is 11.6. The van der Waals surface area contributed by atoms with Gasteiger partial charge in [0.15, 0.2) is 0 Å². The highest BCUT2D eigenvalue weighted by Gasteiger charge is 2.43. The number of carbonyl (C=O) groups excluding carboxylic acids is 1. The van der Waals surface area contributed by atoms with Gasteiger partial charge in [-0.15, -0.1) is 0 Å². The second-order valence-corrected chi connectivity index (χ2v) is 5.89. The first-order valence-corrected chi connectivity index (χ1v) is 7.27. The maximum atomic E-state index is 11.6. The largest absolute Gasteiger partial charge is 0.478 e. The molecule has 0 heterocycles. The molecule has 0 aromatic heterocycles. The Labute approximate surface area is 125 Å². The number of nitrogens with two attached hydrogens (primary N) is 1. The van der Waals surface area contributed by atoms with Gasteiger partial charge in [-0.1, -0.05) is 19.4 Å². The highest BCUT2D eigenvalue weighted by atomic mass is 16.5. The number of nitrogens with one attached hydrogen (secondary N) is 1. The highest BCUT2D eigenvalue weighted by molar-refractivity contribution is 5.87. The van der Waals surface area contributed by atoms with Crippen molar-refractivity contribution in [3.63, 3.8) is 0 Å². The summed E-state index contributed by atoms with van der Waals surface area (Å²) in [4.78, 5) is 22.7. The van der Waals surface area contributed by atoms with E-state index >= 15 is 0 Å². The molecular formula is C15H26N2O4. The molecule has 6 nitrogen and oxygen atoms in total. The summed E-state index contributed by atoms with van der Waals surface area (Å²) in [5, 5.41) is 12.0. The van der Waals surface area contributed by atoms with Gasteiger partial charge in [-0.2, -0.15) is 0 Å². The zero-order valence-electron chi connectivity index (χ0n) is 13.2. The summed E-state index contributed by atoms with van der Waals surface area (Å²) in [6, 6.07) is -0.689. The number of hydrogen-bond acceptors (Lipinski definition) is 4. The van der Waals surface area contributed by atoms with E-state index in [1.165, 1.54) is 6.92 Å². The summed E-state index contributed by atoms with van der Waals surface area (Å²) < 4.78 is 5.65. The third-order valence-electron chi connectivity index (χ3n) is 4.23.